The number of piperidine rings is 1. The maximum atomic E-state index is 11.3. The van der Waals surface area contributed by atoms with Gasteiger partial charge in [0.15, 0.2) is 0 Å². The predicted octanol–water partition coefficient (Wildman–Crippen LogP) is 0.406. The SMILES string of the molecule is CCC(=O)N1CC(C)[CH]C(N)C1. The average molecular weight is 169 g/mol. The molecule has 0 aliphatic carbocycles. The normalized spacial score (nSPS) is 30.4. The van der Waals surface area contributed by atoms with Gasteiger partial charge in [-0.2, -0.15) is 0 Å². The van der Waals surface area contributed by atoms with Crippen molar-refractivity contribution in [3.8, 4) is 0 Å². The quantitative estimate of drug-likeness (QED) is 0.618. The molecule has 1 saturated heterocycles. The van der Waals surface area contributed by atoms with Gasteiger partial charge >= 0.3 is 0 Å². The third kappa shape index (κ3) is 2.21. The van der Waals surface area contributed by atoms with E-state index in [0.29, 0.717) is 18.9 Å². The van der Waals surface area contributed by atoms with E-state index in [2.05, 4.69) is 13.3 Å². The zero-order valence-corrected chi connectivity index (χ0v) is 7.79. The van der Waals surface area contributed by atoms with Gasteiger partial charge in [0.2, 0.25) is 5.91 Å². The minimum Gasteiger partial charge on any atom is -0.341 e. The Morgan fingerprint density at radius 1 is 1.67 bits per heavy atom. The van der Waals surface area contributed by atoms with Crippen LogP contribution < -0.4 is 5.73 Å². The number of hydrogen-bond acceptors (Lipinski definition) is 2. The zero-order chi connectivity index (χ0) is 9.14. The first-order valence-corrected chi connectivity index (χ1v) is 4.51. The van der Waals surface area contributed by atoms with Crippen LogP contribution in [-0.2, 0) is 4.79 Å². The Bertz CT molecular complexity index is 160. The molecule has 1 rings (SSSR count). The molecule has 1 aliphatic rings. The highest BCUT2D eigenvalue weighted by Gasteiger charge is 2.24. The summed E-state index contributed by atoms with van der Waals surface area (Å²) < 4.78 is 0. The van der Waals surface area contributed by atoms with E-state index in [1.165, 1.54) is 0 Å². The number of carbonyl (C=O) groups excluding carboxylic acids is 1. The number of carbonyl (C=O) groups is 1. The summed E-state index contributed by atoms with van der Waals surface area (Å²) in [5.74, 6) is 0.648. The summed E-state index contributed by atoms with van der Waals surface area (Å²) in [5.41, 5.74) is 5.76. The van der Waals surface area contributed by atoms with E-state index in [9.17, 15) is 4.79 Å². The molecule has 0 aromatic heterocycles. The van der Waals surface area contributed by atoms with E-state index >= 15 is 0 Å². The lowest BCUT2D eigenvalue weighted by Crippen LogP contribution is -2.49. The summed E-state index contributed by atoms with van der Waals surface area (Å²) >= 11 is 0. The fraction of sp³-hybridized carbons (Fsp3) is 0.778. The first-order chi connectivity index (χ1) is 5.63. The molecule has 1 aliphatic heterocycles. The van der Waals surface area contributed by atoms with Crippen molar-refractivity contribution in [3.05, 3.63) is 6.42 Å². The van der Waals surface area contributed by atoms with Crippen molar-refractivity contribution in [2.24, 2.45) is 11.7 Å². The van der Waals surface area contributed by atoms with Crippen molar-refractivity contribution in [1.82, 2.24) is 4.90 Å². The number of nitrogens with zero attached hydrogens (tertiary/aromatic N) is 1. The largest absolute Gasteiger partial charge is 0.341 e. The molecule has 1 radical (unpaired) electrons. The van der Waals surface area contributed by atoms with Crippen LogP contribution in [0.1, 0.15) is 20.3 Å². The minimum absolute atomic E-state index is 0.0595. The van der Waals surface area contributed by atoms with Gasteiger partial charge in [0.25, 0.3) is 0 Å². The van der Waals surface area contributed by atoms with Crippen molar-refractivity contribution in [1.29, 1.82) is 0 Å². The van der Waals surface area contributed by atoms with Gasteiger partial charge in [0, 0.05) is 25.6 Å². The molecule has 69 valence electrons. The van der Waals surface area contributed by atoms with Crippen LogP contribution in [-0.4, -0.2) is 29.9 Å². The number of rotatable bonds is 1. The standard InChI is InChI=1S/C9H17N2O/c1-3-9(12)11-5-7(2)4-8(10)6-11/h4,7-8H,3,5-6,10H2,1-2H3. The summed E-state index contributed by atoms with van der Waals surface area (Å²) in [5, 5.41) is 0. The maximum absolute atomic E-state index is 11.3. The van der Waals surface area contributed by atoms with E-state index in [0.717, 1.165) is 6.54 Å². The molecule has 12 heavy (non-hydrogen) atoms. The Hall–Kier alpha value is -0.570. The van der Waals surface area contributed by atoms with Crippen LogP contribution in [0.5, 0.6) is 0 Å². The Labute approximate surface area is 73.9 Å². The Kier molecular flexibility index (Phi) is 3.09. The second-order valence-electron chi connectivity index (χ2n) is 3.49. The van der Waals surface area contributed by atoms with Crippen molar-refractivity contribution in [2.45, 2.75) is 26.3 Å². The second kappa shape index (κ2) is 3.90. The third-order valence-corrected chi connectivity index (χ3v) is 2.17. The molecule has 0 aromatic carbocycles. The molecule has 2 unspecified atom stereocenters. The van der Waals surface area contributed by atoms with Gasteiger partial charge in [-0.1, -0.05) is 13.8 Å². The Morgan fingerprint density at radius 3 is 2.83 bits per heavy atom. The van der Waals surface area contributed by atoms with Crippen molar-refractivity contribution >= 4 is 5.91 Å². The molecule has 2 N–H and O–H groups in total. The van der Waals surface area contributed by atoms with Crippen LogP contribution in [0, 0.1) is 12.3 Å². The minimum atomic E-state index is 0.0595. The molecular formula is C9H17N2O. The topological polar surface area (TPSA) is 46.3 Å². The molecule has 0 bridgehead atoms. The number of nitrogens with two attached hydrogens (primary N) is 1. The van der Waals surface area contributed by atoms with E-state index in [1.807, 2.05) is 11.8 Å². The van der Waals surface area contributed by atoms with Gasteiger partial charge in [0.1, 0.15) is 0 Å². The third-order valence-electron chi connectivity index (χ3n) is 2.17. The van der Waals surface area contributed by atoms with Gasteiger partial charge < -0.3 is 10.6 Å². The van der Waals surface area contributed by atoms with Crippen LogP contribution in [0.2, 0.25) is 0 Å². The summed E-state index contributed by atoms with van der Waals surface area (Å²) in [6.45, 7) is 5.50. The lowest BCUT2D eigenvalue weighted by atomic mass is 9.96. The number of amides is 1. The van der Waals surface area contributed by atoms with Crippen molar-refractivity contribution in [2.75, 3.05) is 13.1 Å². The lowest BCUT2D eigenvalue weighted by Gasteiger charge is -2.34. The summed E-state index contributed by atoms with van der Waals surface area (Å²) in [6, 6.07) is 0.0595. The summed E-state index contributed by atoms with van der Waals surface area (Å²) in [4.78, 5) is 13.2. The molecule has 1 fully saturated rings. The van der Waals surface area contributed by atoms with Crippen LogP contribution in [0.4, 0.5) is 0 Å². The van der Waals surface area contributed by atoms with Crippen LogP contribution >= 0.6 is 0 Å². The van der Waals surface area contributed by atoms with Crippen LogP contribution in [0.15, 0.2) is 0 Å². The highest BCUT2D eigenvalue weighted by Crippen LogP contribution is 2.14. The van der Waals surface area contributed by atoms with Gasteiger partial charge in [-0.15, -0.1) is 0 Å². The van der Waals surface area contributed by atoms with E-state index in [4.69, 9.17) is 5.73 Å². The van der Waals surface area contributed by atoms with Crippen LogP contribution in [0.25, 0.3) is 0 Å². The monoisotopic (exact) mass is 169 g/mol. The molecule has 3 heteroatoms. The smallest absolute Gasteiger partial charge is 0.222 e. The molecule has 3 nitrogen and oxygen atoms in total. The second-order valence-corrected chi connectivity index (χ2v) is 3.49. The average Bonchev–Trinajstić information content (AvgIpc) is 2.01. The predicted molar refractivity (Wildman–Crippen MR) is 48.3 cm³/mol. The molecule has 2 atom stereocenters. The highest BCUT2D eigenvalue weighted by atomic mass is 16.2. The number of likely N-dealkylation sites (tertiary alicyclic amines) is 1. The molecular weight excluding hydrogens is 152 g/mol. The maximum Gasteiger partial charge on any atom is 0.222 e. The van der Waals surface area contributed by atoms with E-state index in [-0.39, 0.29) is 11.9 Å². The van der Waals surface area contributed by atoms with Crippen molar-refractivity contribution < 1.29 is 4.79 Å². The van der Waals surface area contributed by atoms with Gasteiger partial charge in [0.05, 0.1) is 0 Å². The lowest BCUT2D eigenvalue weighted by molar-refractivity contribution is -0.132. The van der Waals surface area contributed by atoms with Gasteiger partial charge in [-0.3, -0.25) is 4.79 Å². The zero-order valence-electron chi connectivity index (χ0n) is 7.79. The van der Waals surface area contributed by atoms with Gasteiger partial charge in [-0.05, 0) is 12.3 Å². The van der Waals surface area contributed by atoms with Crippen LogP contribution in [0.3, 0.4) is 0 Å². The molecule has 0 spiro atoms. The highest BCUT2D eigenvalue weighted by molar-refractivity contribution is 5.76. The first-order valence-electron chi connectivity index (χ1n) is 4.51. The first kappa shape index (κ1) is 9.52. The summed E-state index contributed by atoms with van der Waals surface area (Å²) in [6.07, 6.45) is 2.69. The fourth-order valence-electron chi connectivity index (χ4n) is 1.65. The molecule has 1 amide bonds. The van der Waals surface area contributed by atoms with E-state index < -0.39 is 0 Å². The number of hydrogen-bond donors (Lipinski definition) is 1. The van der Waals surface area contributed by atoms with E-state index in [1.54, 1.807) is 0 Å². The fourth-order valence-corrected chi connectivity index (χ4v) is 1.65. The summed E-state index contributed by atoms with van der Waals surface area (Å²) in [7, 11) is 0. The molecule has 0 saturated carbocycles. The molecule has 0 aromatic rings. The van der Waals surface area contributed by atoms with Gasteiger partial charge in [-0.25, -0.2) is 0 Å². The van der Waals surface area contributed by atoms with Crippen molar-refractivity contribution in [3.63, 3.8) is 0 Å². The Morgan fingerprint density at radius 2 is 2.33 bits per heavy atom. The Balaban J connectivity index is 2.49. The molecule has 1 heterocycles.